The number of thiophene rings is 1. The van der Waals surface area contributed by atoms with Gasteiger partial charge in [-0.25, -0.2) is 13.1 Å². The van der Waals surface area contributed by atoms with Gasteiger partial charge in [0.1, 0.15) is 0 Å². The Kier molecular flexibility index (Phi) is 5.99. The van der Waals surface area contributed by atoms with Gasteiger partial charge in [-0.05, 0) is 25.8 Å². The first-order valence-corrected chi connectivity index (χ1v) is 8.22. The summed E-state index contributed by atoms with van der Waals surface area (Å²) in [4.78, 5) is 1.14. The van der Waals surface area contributed by atoms with Crippen LogP contribution in [0.1, 0.15) is 29.0 Å². The number of aliphatic hydroxyl groups excluding tert-OH is 1. The van der Waals surface area contributed by atoms with E-state index < -0.39 is 22.6 Å². The van der Waals surface area contributed by atoms with Crippen molar-refractivity contribution in [2.75, 3.05) is 6.54 Å². The van der Waals surface area contributed by atoms with Gasteiger partial charge in [0.25, 0.3) is 0 Å². The third kappa shape index (κ3) is 5.39. The summed E-state index contributed by atoms with van der Waals surface area (Å²) in [7, 11) is -3.73. The fourth-order valence-electron chi connectivity index (χ4n) is 1.60. The number of rotatable bonds is 7. The summed E-state index contributed by atoms with van der Waals surface area (Å²) in [6.07, 6.45) is -5.12. The molecule has 1 heterocycles. The summed E-state index contributed by atoms with van der Waals surface area (Å²) in [6.45, 7) is 1.33. The second-order valence-corrected chi connectivity index (χ2v) is 7.34. The first kappa shape index (κ1) is 17.4. The lowest BCUT2D eigenvalue weighted by Gasteiger charge is -2.07. The lowest BCUT2D eigenvalue weighted by molar-refractivity contribution is -0.135. The molecule has 1 aromatic heterocycles. The fraction of sp³-hybridized carbons (Fsp3) is 0.636. The van der Waals surface area contributed by atoms with Crippen molar-refractivity contribution in [1.82, 2.24) is 4.72 Å². The molecule has 0 bridgehead atoms. The topological polar surface area (TPSA) is 66.4 Å². The van der Waals surface area contributed by atoms with Crippen molar-refractivity contribution in [2.24, 2.45) is 0 Å². The van der Waals surface area contributed by atoms with Crippen molar-refractivity contribution in [1.29, 1.82) is 0 Å². The SMILES string of the molecule is Cc1sc(CO)cc1S(=O)(=O)NCCCCC(F)(F)F. The molecule has 0 saturated heterocycles. The second kappa shape index (κ2) is 6.88. The van der Waals surface area contributed by atoms with Crippen molar-refractivity contribution in [3.8, 4) is 0 Å². The van der Waals surface area contributed by atoms with Crippen LogP contribution in [0.3, 0.4) is 0 Å². The van der Waals surface area contributed by atoms with Gasteiger partial charge in [-0.15, -0.1) is 11.3 Å². The quantitative estimate of drug-likeness (QED) is 0.755. The first-order chi connectivity index (χ1) is 9.15. The maximum absolute atomic E-state index is 11.9. The molecule has 0 fully saturated rings. The van der Waals surface area contributed by atoms with E-state index in [1.807, 2.05) is 0 Å². The van der Waals surface area contributed by atoms with E-state index in [9.17, 15) is 21.6 Å². The lowest BCUT2D eigenvalue weighted by Crippen LogP contribution is -2.25. The highest BCUT2D eigenvalue weighted by molar-refractivity contribution is 7.89. The molecule has 0 aliphatic rings. The minimum atomic E-state index is -4.21. The summed E-state index contributed by atoms with van der Waals surface area (Å²) in [5, 5.41) is 8.95. The molecule has 0 aromatic carbocycles. The van der Waals surface area contributed by atoms with Gasteiger partial charge in [0.15, 0.2) is 0 Å². The summed E-state index contributed by atoms with van der Waals surface area (Å²) in [5.74, 6) is 0. The van der Waals surface area contributed by atoms with Crippen LogP contribution in [-0.4, -0.2) is 26.2 Å². The highest BCUT2D eigenvalue weighted by Crippen LogP contribution is 2.26. The maximum Gasteiger partial charge on any atom is 0.389 e. The molecule has 0 saturated carbocycles. The Hall–Kier alpha value is -0.640. The van der Waals surface area contributed by atoms with Crippen molar-refractivity contribution in [3.63, 3.8) is 0 Å². The van der Waals surface area contributed by atoms with Gasteiger partial charge in [0, 0.05) is 22.7 Å². The van der Waals surface area contributed by atoms with E-state index in [0.717, 1.165) is 0 Å². The fourth-order valence-corrected chi connectivity index (χ4v) is 4.17. The van der Waals surface area contributed by atoms with Crippen LogP contribution in [0, 0.1) is 6.92 Å². The smallest absolute Gasteiger partial charge is 0.389 e. The molecule has 20 heavy (non-hydrogen) atoms. The second-order valence-electron chi connectivity index (χ2n) is 4.26. The number of unbranched alkanes of at least 4 members (excludes halogenated alkanes) is 1. The Balaban J connectivity index is 2.51. The van der Waals surface area contributed by atoms with Crippen LogP contribution in [0.15, 0.2) is 11.0 Å². The molecule has 1 aromatic rings. The molecular weight excluding hydrogens is 315 g/mol. The molecule has 0 unspecified atom stereocenters. The highest BCUT2D eigenvalue weighted by Gasteiger charge is 2.26. The van der Waals surface area contributed by atoms with E-state index >= 15 is 0 Å². The molecule has 0 spiro atoms. The predicted molar refractivity (Wildman–Crippen MR) is 70.1 cm³/mol. The summed E-state index contributed by atoms with van der Waals surface area (Å²) in [6, 6.07) is 1.37. The number of hydrogen-bond donors (Lipinski definition) is 2. The van der Waals surface area contributed by atoms with Crippen molar-refractivity contribution < 1.29 is 26.7 Å². The number of aryl methyl sites for hydroxylation is 1. The van der Waals surface area contributed by atoms with E-state index in [4.69, 9.17) is 5.11 Å². The van der Waals surface area contributed by atoms with Gasteiger partial charge in [0.2, 0.25) is 10.0 Å². The maximum atomic E-state index is 11.9. The number of alkyl halides is 3. The average Bonchev–Trinajstić information content (AvgIpc) is 2.69. The zero-order valence-electron chi connectivity index (χ0n) is 10.8. The van der Waals surface area contributed by atoms with Crippen molar-refractivity contribution in [3.05, 3.63) is 15.8 Å². The van der Waals surface area contributed by atoms with Crippen LogP contribution >= 0.6 is 11.3 Å². The molecule has 2 N–H and O–H groups in total. The number of nitrogens with one attached hydrogen (secondary N) is 1. The summed E-state index contributed by atoms with van der Waals surface area (Å²) in [5.41, 5.74) is 0. The molecule has 9 heteroatoms. The van der Waals surface area contributed by atoms with E-state index in [1.54, 1.807) is 6.92 Å². The Morgan fingerprint density at radius 2 is 2.00 bits per heavy atom. The third-order valence-electron chi connectivity index (χ3n) is 2.55. The van der Waals surface area contributed by atoms with E-state index in [0.29, 0.717) is 9.75 Å². The number of aliphatic hydroxyl groups is 1. The van der Waals surface area contributed by atoms with Gasteiger partial charge in [-0.1, -0.05) is 0 Å². The van der Waals surface area contributed by atoms with Crippen LogP contribution < -0.4 is 4.72 Å². The molecule has 0 aliphatic carbocycles. The molecule has 1 rings (SSSR count). The van der Waals surface area contributed by atoms with Crippen LogP contribution in [0.25, 0.3) is 0 Å². The average molecular weight is 331 g/mol. The van der Waals surface area contributed by atoms with Gasteiger partial charge in [-0.3, -0.25) is 0 Å². The zero-order chi connectivity index (χ0) is 15.4. The number of hydrogen-bond acceptors (Lipinski definition) is 4. The van der Waals surface area contributed by atoms with Crippen LogP contribution in [0.2, 0.25) is 0 Å². The Labute approximate surface area is 119 Å². The zero-order valence-corrected chi connectivity index (χ0v) is 12.5. The molecule has 0 amide bonds. The first-order valence-electron chi connectivity index (χ1n) is 5.92. The van der Waals surface area contributed by atoms with Crippen LogP contribution in [0.4, 0.5) is 13.2 Å². The van der Waals surface area contributed by atoms with E-state index in [2.05, 4.69) is 4.72 Å². The molecule has 116 valence electrons. The minimum Gasteiger partial charge on any atom is -0.391 e. The van der Waals surface area contributed by atoms with E-state index in [1.165, 1.54) is 17.4 Å². The molecule has 0 radical (unpaired) electrons. The number of sulfonamides is 1. The Morgan fingerprint density at radius 3 is 2.50 bits per heavy atom. The standard InChI is InChI=1S/C11H16F3NO3S2/c1-8-10(6-9(7-16)19-8)20(17,18)15-5-3-2-4-11(12,13)14/h6,15-16H,2-5,7H2,1H3. The molecule has 0 atom stereocenters. The summed E-state index contributed by atoms with van der Waals surface area (Å²) >= 11 is 1.17. The molecule has 4 nitrogen and oxygen atoms in total. The number of halogens is 3. The van der Waals surface area contributed by atoms with Gasteiger partial charge in [0.05, 0.1) is 11.5 Å². The van der Waals surface area contributed by atoms with Crippen LogP contribution in [0.5, 0.6) is 0 Å². The lowest BCUT2D eigenvalue weighted by atomic mass is 10.2. The molecular formula is C11H16F3NO3S2. The van der Waals surface area contributed by atoms with Gasteiger partial charge in [-0.2, -0.15) is 13.2 Å². The largest absolute Gasteiger partial charge is 0.391 e. The third-order valence-corrected chi connectivity index (χ3v) is 5.30. The summed E-state index contributed by atoms with van der Waals surface area (Å²) < 4.78 is 61.9. The van der Waals surface area contributed by atoms with Crippen molar-refractivity contribution in [2.45, 2.75) is 43.9 Å². The Morgan fingerprint density at radius 1 is 1.35 bits per heavy atom. The molecule has 0 aliphatic heterocycles. The van der Waals surface area contributed by atoms with Gasteiger partial charge < -0.3 is 5.11 Å². The predicted octanol–water partition coefficient (Wildman–Crippen LogP) is 2.56. The monoisotopic (exact) mass is 331 g/mol. The van der Waals surface area contributed by atoms with E-state index in [-0.39, 0.29) is 30.9 Å². The van der Waals surface area contributed by atoms with Crippen LogP contribution in [-0.2, 0) is 16.6 Å². The van der Waals surface area contributed by atoms with Crippen molar-refractivity contribution >= 4 is 21.4 Å². The normalized spacial score (nSPS) is 12.8. The Bertz CT molecular complexity index is 538. The highest BCUT2D eigenvalue weighted by atomic mass is 32.2. The van der Waals surface area contributed by atoms with Gasteiger partial charge >= 0.3 is 6.18 Å². The minimum absolute atomic E-state index is 0.0395.